The third-order valence-corrected chi connectivity index (χ3v) is 5.52. The minimum atomic E-state index is -0.314. The van der Waals surface area contributed by atoms with Crippen molar-refractivity contribution in [1.29, 1.82) is 0 Å². The highest BCUT2D eigenvalue weighted by Gasteiger charge is 2.26. The standard InChI is InChI=1S/C25H28N4O5/c1-16-13-29(14-17(2)34-16)24(30)15-33-22-9-8-18(10-23(22)32-3)11-27-28-25(31)20-12-26-21-7-5-4-6-19(20)21/h4-12,16-17,26H,13-15H2,1-3H3,(H,28,31). The van der Waals surface area contributed by atoms with E-state index in [4.69, 9.17) is 14.2 Å². The van der Waals surface area contributed by atoms with Crippen LogP contribution in [0.15, 0.2) is 53.8 Å². The molecule has 1 saturated heterocycles. The highest BCUT2D eigenvalue weighted by Crippen LogP contribution is 2.27. The first-order valence-electron chi connectivity index (χ1n) is 11.1. The Kier molecular flexibility index (Phi) is 7.12. The molecule has 9 nitrogen and oxygen atoms in total. The molecular formula is C25H28N4O5. The van der Waals surface area contributed by atoms with Crippen LogP contribution in [-0.2, 0) is 9.53 Å². The van der Waals surface area contributed by atoms with E-state index in [1.165, 1.54) is 13.3 Å². The number of hydrogen-bond donors (Lipinski definition) is 2. The number of morpholine rings is 1. The summed E-state index contributed by atoms with van der Waals surface area (Å²) in [5.74, 6) is 0.495. The van der Waals surface area contributed by atoms with E-state index in [9.17, 15) is 9.59 Å². The molecule has 0 aliphatic carbocycles. The van der Waals surface area contributed by atoms with Crippen LogP contribution in [0.5, 0.6) is 11.5 Å². The molecule has 2 unspecified atom stereocenters. The van der Waals surface area contributed by atoms with E-state index in [2.05, 4.69) is 15.5 Å². The van der Waals surface area contributed by atoms with Gasteiger partial charge in [-0.25, -0.2) is 5.43 Å². The molecule has 0 spiro atoms. The molecule has 1 fully saturated rings. The third kappa shape index (κ3) is 5.37. The maximum atomic E-state index is 12.6. The average molecular weight is 465 g/mol. The molecule has 2 aromatic carbocycles. The summed E-state index contributed by atoms with van der Waals surface area (Å²) in [4.78, 5) is 29.8. The van der Waals surface area contributed by atoms with Gasteiger partial charge in [-0.1, -0.05) is 18.2 Å². The number of rotatable bonds is 7. The molecule has 0 radical (unpaired) electrons. The van der Waals surface area contributed by atoms with Gasteiger partial charge < -0.3 is 24.1 Å². The molecule has 2 N–H and O–H groups in total. The fraction of sp³-hybridized carbons (Fsp3) is 0.320. The number of aromatic amines is 1. The number of aromatic nitrogens is 1. The number of carbonyl (C=O) groups is 2. The van der Waals surface area contributed by atoms with Gasteiger partial charge in [0.25, 0.3) is 11.8 Å². The maximum absolute atomic E-state index is 12.6. The van der Waals surface area contributed by atoms with Crippen LogP contribution in [0, 0.1) is 0 Å². The van der Waals surface area contributed by atoms with Crippen LogP contribution < -0.4 is 14.9 Å². The first-order chi connectivity index (χ1) is 16.4. The Morgan fingerprint density at radius 1 is 1.18 bits per heavy atom. The molecule has 4 rings (SSSR count). The lowest BCUT2D eigenvalue weighted by atomic mass is 10.2. The van der Waals surface area contributed by atoms with Crippen molar-refractivity contribution in [2.45, 2.75) is 26.1 Å². The Bertz CT molecular complexity index is 1190. The number of carbonyl (C=O) groups excluding carboxylic acids is 2. The normalized spacial score (nSPS) is 18.3. The van der Waals surface area contributed by atoms with Gasteiger partial charge in [-0.05, 0) is 43.7 Å². The summed E-state index contributed by atoms with van der Waals surface area (Å²) in [7, 11) is 1.52. The summed E-state index contributed by atoms with van der Waals surface area (Å²) in [6.07, 6.45) is 3.17. The number of amides is 2. The van der Waals surface area contributed by atoms with Crippen LogP contribution in [-0.4, -0.2) is 66.9 Å². The molecule has 178 valence electrons. The zero-order valence-electron chi connectivity index (χ0n) is 19.4. The van der Waals surface area contributed by atoms with E-state index in [0.29, 0.717) is 35.7 Å². The van der Waals surface area contributed by atoms with Gasteiger partial charge >= 0.3 is 0 Å². The van der Waals surface area contributed by atoms with E-state index >= 15 is 0 Å². The van der Waals surface area contributed by atoms with Crippen molar-refractivity contribution in [1.82, 2.24) is 15.3 Å². The van der Waals surface area contributed by atoms with Gasteiger partial charge in [0, 0.05) is 30.2 Å². The van der Waals surface area contributed by atoms with Crippen LogP contribution in [0.2, 0.25) is 0 Å². The SMILES string of the molecule is COc1cc(C=NNC(=O)c2c[nH]c3ccccc23)ccc1OCC(=O)N1CC(C)OC(C)C1. The van der Waals surface area contributed by atoms with Gasteiger partial charge in [-0.3, -0.25) is 9.59 Å². The highest BCUT2D eigenvalue weighted by atomic mass is 16.5. The van der Waals surface area contributed by atoms with Gasteiger partial charge in [0.05, 0.1) is 31.1 Å². The van der Waals surface area contributed by atoms with Crippen LogP contribution >= 0.6 is 0 Å². The summed E-state index contributed by atoms with van der Waals surface area (Å²) in [6, 6.07) is 12.8. The van der Waals surface area contributed by atoms with Gasteiger partial charge in [0.2, 0.25) is 0 Å². The molecule has 2 amide bonds. The second-order valence-electron chi connectivity index (χ2n) is 8.20. The zero-order valence-corrected chi connectivity index (χ0v) is 19.4. The van der Waals surface area contributed by atoms with Crippen molar-refractivity contribution in [3.8, 4) is 11.5 Å². The van der Waals surface area contributed by atoms with E-state index in [-0.39, 0.29) is 30.6 Å². The van der Waals surface area contributed by atoms with E-state index in [1.54, 1.807) is 29.3 Å². The first kappa shape index (κ1) is 23.3. The van der Waals surface area contributed by atoms with Crippen molar-refractivity contribution in [2.24, 2.45) is 5.10 Å². The molecular weight excluding hydrogens is 436 g/mol. The monoisotopic (exact) mass is 464 g/mol. The van der Waals surface area contributed by atoms with Gasteiger partial charge in [0.15, 0.2) is 18.1 Å². The third-order valence-electron chi connectivity index (χ3n) is 5.52. The molecule has 2 heterocycles. The maximum Gasteiger partial charge on any atom is 0.273 e. The summed E-state index contributed by atoms with van der Waals surface area (Å²) < 4.78 is 16.8. The van der Waals surface area contributed by atoms with Crippen molar-refractivity contribution < 1.29 is 23.8 Å². The lowest BCUT2D eigenvalue weighted by molar-refractivity contribution is -0.145. The predicted molar refractivity (Wildman–Crippen MR) is 128 cm³/mol. The summed E-state index contributed by atoms with van der Waals surface area (Å²) >= 11 is 0. The lowest BCUT2D eigenvalue weighted by Gasteiger charge is -2.35. The van der Waals surface area contributed by atoms with Crippen molar-refractivity contribution >= 4 is 28.9 Å². The Labute approximate surface area is 197 Å². The molecule has 9 heteroatoms. The summed E-state index contributed by atoms with van der Waals surface area (Å²) in [5, 5.41) is 4.88. The van der Waals surface area contributed by atoms with Crippen molar-refractivity contribution in [2.75, 3.05) is 26.8 Å². The summed E-state index contributed by atoms with van der Waals surface area (Å²) in [5.41, 5.74) is 4.64. The quantitative estimate of drug-likeness (QED) is 0.413. The van der Waals surface area contributed by atoms with Crippen molar-refractivity contribution in [3.05, 3.63) is 59.8 Å². The zero-order chi connectivity index (χ0) is 24.1. The number of nitrogens with one attached hydrogen (secondary N) is 2. The Morgan fingerprint density at radius 2 is 1.94 bits per heavy atom. The van der Waals surface area contributed by atoms with Crippen molar-refractivity contribution in [3.63, 3.8) is 0 Å². The molecule has 1 aliphatic rings. The molecule has 1 aliphatic heterocycles. The fourth-order valence-electron chi connectivity index (χ4n) is 3.98. The van der Waals surface area contributed by atoms with E-state index < -0.39 is 0 Å². The number of para-hydroxylation sites is 1. The highest BCUT2D eigenvalue weighted by molar-refractivity contribution is 6.06. The molecule has 0 saturated carbocycles. The van der Waals surface area contributed by atoms with Crippen LogP contribution in [0.4, 0.5) is 0 Å². The van der Waals surface area contributed by atoms with Gasteiger partial charge in [-0.2, -0.15) is 5.10 Å². The lowest BCUT2D eigenvalue weighted by Crippen LogP contribution is -2.49. The number of methoxy groups -OCH3 is 1. The number of benzene rings is 2. The molecule has 0 bridgehead atoms. The Morgan fingerprint density at radius 3 is 2.71 bits per heavy atom. The van der Waals surface area contributed by atoms with Crippen LogP contribution in [0.3, 0.4) is 0 Å². The number of hydrogen-bond acceptors (Lipinski definition) is 6. The second-order valence-corrected chi connectivity index (χ2v) is 8.20. The minimum absolute atomic E-state index is 0.00253. The number of ether oxygens (including phenoxy) is 3. The molecule has 2 atom stereocenters. The number of H-pyrrole nitrogens is 1. The largest absolute Gasteiger partial charge is 0.493 e. The number of fused-ring (bicyclic) bond motifs is 1. The van der Waals surface area contributed by atoms with E-state index in [1.807, 2.05) is 38.1 Å². The average Bonchev–Trinajstić information content (AvgIpc) is 3.26. The Balaban J connectivity index is 1.35. The van der Waals surface area contributed by atoms with Crippen LogP contribution in [0.1, 0.15) is 29.8 Å². The number of nitrogens with zero attached hydrogens (tertiary/aromatic N) is 2. The molecule has 1 aromatic heterocycles. The van der Waals surface area contributed by atoms with Crippen LogP contribution in [0.25, 0.3) is 10.9 Å². The summed E-state index contributed by atoms with van der Waals surface area (Å²) in [6.45, 7) is 4.89. The Hall–Kier alpha value is -3.85. The smallest absolute Gasteiger partial charge is 0.273 e. The predicted octanol–water partition coefficient (Wildman–Crippen LogP) is 2.96. The first-order valence-corrected chi connectivity index (χ1v) is 11.1. The van der Waals surface area contributed by atoms with Gasteiger partial charge in [-0.15, -0.1) is 0 Å². The number of hydrazone groups is 1. The molecule has 34 heavy (non-hydrogen) atoms. The fourth-order valence-corrected chi connectivity index (χ4v) is 3.98. The van der Waals surface area contributed by atoms with E-state index in [0.717, 1.165) is 10.9 Å². The second kappa shape index (κ2) is 10.4. The minimum Gasteiger partial charge on any atom is -0.493 e. The topological polar surface area (TPSA) is 105 Å². The molecule has 3 aromatic rings. The van der Waals surface area contributed by atoms with Gasteiger partial charge in [0.1, 0.15) is 0 Å².